The predicted molar refractivity (Wildman–Crippen MR) is 111 cm³/mol. The number of carbonyl (C=O) groups excluding carboxylic acids is 1. The lowest BCUT2D eigenvalue weighted by atomic mass is 9.88. The number of imidazole rings is 1. The number of carbonyl (C=O) groups is 1. The zero-order valence-corrected chi connectivity index (χ0v) is 16.9. The van der Waals surface area contributed by atoms with Gasteiger partial charge in [-0.1, -0.05) is 37.3 Å². The molecule has 0 bridgehead atoms. The van der Waals surface area contributed by atoms with Crippen molar-refractivity contribution in [2.75, 3.05) is 13.1 Å². The van der Waals surface area contributed by atoms with Crippen LogP contribution in [0.15, 0.2) is 36.5 Å². The number of fused-ring (bicyclic) bond motifs is 1. The Bertz CT molecular complexity index is 762. The number of likely N-dealkylation sites (tertiary alicyclic amines) is 1. The second kappa shape index (κ2) is 8.80. The van der Waals surface area contributed by atoms with Crippen molar-refractivity contribution in [3.63, 3.8) is 0 Å². The van der Waals surface area contributed by atoms with Crippen LogP contribution in [0.25, 0.3) is 0 Å². The predicted octanol–water partition coefficient (Wildman–Crippen LogP) is 4.13. The SMILES string of the molecule is CC[C@H](c1ccccc1)[C@@H]1CCCN1C(=O)NCCc1cn2c(n1)CCCC2. The van der Waals surface area contributed by atoms with Gasteiger partial charge in [-0.15, -0.1) is 0 Å². The second-order valence-corrected chi connectivity index (χ2v) is 8.11. The van der Waals surface area contributed by atoms with Gasteiger partial charge in [0.25, 0.3) is 0 Å². The average Bonchev–Trinajstić information content (AvgIpc) is 3.36. The summed E-state index contributed by atoms with van der Waals surface area (Å²) in [5.74, 6) is 1.62. The molecule has 150 valence electrons. The Labute approximate surface area is 168 Å². The van der Waals surface area contributed by atoms with E-state index in [9.17, 15) is 4.79 Å². The molecule has 1 aromatic heterocycles. The first kappa shape index (κ1) is 19.0. The first-order valence-corrected chi connectivity index (χ1v) is 10.9. The normalized spacial score (nSPS) is 20.0. The molecule has 0 spiro atoms. The van der Waals surface area contributed by atoms with E-state index in [4.69, 9.17) is 4.98 Å². The van der Waals surface area contributed by atoms with Gasteiger partial charge in [-0.25, -0.2) is 9.78 Å². The molecule has 1 aromatic carbocycles. The van der Waals surface area contributed by atoms with Crippen molar-refractivity contribution in [1.82, 2.24) is 19.8 Å². The summed E-state index contributed by atoms with van der Waals surface area (Å²) in [4.78, 5) is 19.7. The van der Waals surface area contributed by atoms with Crippen molar-refractivity contribution >= 4 is 6.03 Å². The fourth-order valence-electron chi connectivity index (χ4n) is 4.88. The van der Waals surface area contributed by atoms with Crippen LogP contribution < -0.4 is 5.32 Å². The molecular formula is C23H32N4O. The van der Waals surface area contributed by atoms with Gasteiger partial charge in [0, 0.05) is 50.6 Å². The molecule has 0 saturated carbocycles. The van der Waals surface area contributed by atoms with E-state index in [-0.39, 0.29) is 6.03 Å². The lowest BCUT2D eigenvalue weighted by Crippen LogP contribution is -2.45. The summed E-state index contributed by atoms with van der Waals surface area (Å²) in [6.07, 6.45) is 9.78. The van der Waals surface area contributed by atoms with Crippen molar-refractivity contribution in [2.24, 2.45) is 0 Å². The number of hydrogen-bond acceptors (Lipinski definition) is 2. The zero-order chi connectivity index (χ0) is 19.3. The lowest BCUT2D eigenvalue weighted by molar-refractivity contribution is 0.184. The van der Waals surface area contributed by atoms with Crippen molar-refractivity contribution < 1.29 is 4.79 Å². The van der Waals surface area contributed by atoms with Gasteiger partial charge in [-0.2, -0.15) is 0 Å². The van der Waals surface area contributed by atoms with Gasteiger partial charge in [0.2, 0.25) is 0 Å². The van der Waals surface area contributed by atoms with Gasteiger partial charge in [-0.3, -0.25) is 0 Å². The third kappa shape index (κ3) is 4.08. The van der Waals surface area contributed by atoms with Gasteiger partial charge in [0.05, 0.1) is 5.69 Å². The first-order valence-electron chi connectivity index (χ1n) is 10.9. The lowest BCUT2D eigenvalue weighted by Gasteiger charge is -2.31. The molecule has 1 fully saturated rings. The summed E-state index contributed by atoms with van der Waals surface area (Å²) in [5.41, 5.74) is 2.45. The highest BCUT2D eigenvalue weighted by Gasteiger charge is 2.34. The average molecular weight is 381 g/mol. The molecule has 4 rings (SSSR count). The molecule has 0 radical (unpaired) electrons. The first-order chi connectivity index (χ1) is 13.8. The molecule has 28 heavy (non-hydrogen) atoms. The van der Waals surface area contributed by atoms with Crippen LogP contribution in [0.1, 0.15) is 62.0 Å². The van der Waals surface area contributed by atoms with Crippen LogP contribution >= 0.6 is 0 Å². The number of aromatic nitrogens is 2. The number of hydrogen-bond donors (Lipinski definition) is 1. The summed E-state index contributed by atoms with van der Waals surface area (Å²) in [7, 11) is 0. The summed E-state index contributed by atoms with van der Waals surface area (Å²) in [6, 6.07) is 11.0. The molecule has 0 aliphatic carbocycles. The Morgan fingerprint density at radius 2 is 2.07 bits per heavy atom. The minimum atomic E-state index is 0.0841. The number of aryl methyl sites for hydroxylation is 2. The van der Waals surface area contributed by atoms with Gasteiger partial charge in [-0.05, 0) is 37.7 Å². The largest absolute Gasteiger partial charge is 0.338 e. The van der Waals surface area contributed by atoms with Crippen molar-refractivity contribution in [3.05, 3.63) is 53.6 Å². The Kier molecular flexibility index (Phi) is 5.98. The number of nitrogens with one attached hydrogen (secondary N) is 1. The Morgan fingerprint density at radius 1 is 1.21 bits per heavy atom. The highest BCUT2D eigenvalue weighted by molar-refractivity contribution is 5.75. The van der Waals surface area contributed by atoms with E-state index in [1.165, 1.54) is 24.2 Å². The second-order valence-electron chi connectivity index (χ2n) is 8.11. The Hall–Kier alpha value is -2.30. The van der Waals surface area contributed by atoms with E-state index in [1.54, 1.807) is 0 Å². The maximum absolute atomic E-state index is 12.9. The van der Waals surface area contributed by atoms with Crippen molar-refractivity contribution in [1.29, 1.82) is 0 Å². The summed E-state index contributed by atoms with van der Waals surface area (Å²) < 4.78 is 2.28. The monoisotopic (exact) mass is 380 g/mol. The molecular weight excluding hydrogens is 348 g/mol. The van der Waals surface area contributed by atoms with E-state index >= 15 is 0 Å². The van der Waals surface area contributed by atoms with Crippen LogP contribution in [0.4, 0.5) is 4.79 Å². The molecule has 2 aliphatic heterocycles. The fraction of sp³-hybridized carbons (Fsp3) is 0.565. The third-order valence-corrected chi connectivity index (χ3v) is 6.31. The van der Waals surface area contributed by atoms with E-state index in [0.717, 1.165) is 50.9 Å². The van der Waals surface area contributed by atoms with Crippen LogP contribution in [0.3, 0.4) is 0 Å². The summed E-state index contributed by atoms with van der Waals surface area (Å²) in [6.45, 7) is 4.83. The molecule has 2 aromatic rings. The number of amides is 2. The molecule has 5 heteroatoms. The van der Waals surface area contributed by atoms with E-state index in [1.807, 2.05) is 0 Å². The number of rotatable bonds is 6. The van der Waals surface area contributed by atoms with E-state index in [0.29, 0.717) is 18.5 Å². The van der Waals surface area contributed by atoms with Gasteiger partial charge in [0.15, 0.2) is 0 Å². The third-order valence-electron chi connectivity index (χ3n) is 6.31. The van der Waals surface area contributed by atoms with Crippen LogP contribution in [-0.4, -0.2) is 39.6 Å². The highest BCUT2D eigenvalue weighted by atomic mass is 16.2. The Morgan fingerprint density at radius 3 is 2.86 bits per heavy atom. The maximum Gasteiger partial charge on any atom is 0.317 e. The fourth-order valence-corrected chi connectivity index (χ4v) is 4.88. The van der Waals surface area contributed by atoms with Gasteiger partial charge >= 0.3 is 6.03 Å². The smallest absolute Gasteiger partial charge is 0.317 e. The molecule has 2 aliphatic rings. The summed E-state index contributed by atoms with van der Waals surface area (Å²) in [5, 5.41) is 3.15. The number of urea groups is 1. The van der Waals surface area contributed by atoms with E-state index < -0.39 is 0 Å². The molecule has 2 amide bonds. The minimum Gasteiger partial charge on any atom is -0.338 e. The summed E-state index contributed by atoms with van der Waals surface area (Å²) >= 11 is 0. The standard InChI is InChI=1S/C23H32N4O/c1-2-20(18-9-4-3-5-10-18)21-11-8-16-27(21)23(28)24-14-13-19-17-26-15-7-6-12-22(26)25-19/h3-5,9-10,17,20-21H,2,6-8,11-16H2,1H3,(H,24,28)/t20-,21+/m1/s1. The Balaban J connectivity index is 1.34. The highest BCUT2D eigenvalue weighted by Crippen LogP contribution is 2.33. The molecule has 1 saturated heterocycles. The van der Waals surface area contributed by atoms with Gasteiger partial charge in [0.1, 0.15) is 5.82 Å². The molecule has 2 atom stereocenters. The van der Waals surface area contributed by atoms with Crippen LogP contribution in [0.2, 0.25) is 0 Å². The van der Waals surface area contributed by atoms with Crippen molar-refractivity contribution in [2.45, 2.75) is 70.4 Å². The van der Waals surface area contributed by atoms with Gasteiger partial charge < -0.3 is 14.8 Å². The molecule has 0 unspecified atom stereocenters. The van der Waals surface area contributed by atoms with Crippen molar-refractivity contribution in [3.8, 4) is 0 Å². The molecule has 1 N–H and O–H groups in total. The maximum atomic E-state index is 12.9. The van der Waals surface area contributed by atoms with Crippen LogP contribution in [-0.2, 0) is 19.4 Å². The topological polar surface area (TPSA) is 50.2 Å². The number of nitrogens with zero attached hydrogens (tertiary/aromatic N) is 3. The number of benzene rings is 1. The molecule has 3 heterocycles. The minimum absolute atomic E-state index is 0.0841. The van der Waals surface area contributed by atoms with Crippen LogP contribution in [0.5, 0.6) is 0 Å². The van der Waals surface area contributed by atoms with E-state index in [2.05, 4.69) is 58.2 Å². The zero-order valence-electron chi connectivity index (χ0n) is 16.9. The van der Waals surface area contributed by atoms with Crippen LogP contribution in [0, 0.1) is 0 Å². The quantitative estimate of drug-likeness (QED) is 0.819. The molecule has 5 nitrogen and oxygen atoms in total.